The first-order valence-electron chi connectivity index (χ1n) is 1.26. The maximum absolute atomic E-state index is 4.73. The van der Waals surface area contributed by atoms with Gasteiger partial charge in [-0.1, -0.05) is 6.08 Å². The van der Waals surface area contributed by atoms with E-state index in [1.807, 2.05) is 0 Å². The van der Waals surface area contributed by atoms with E-state index in [-0.39, 0.29) is 0 Å². The molecule has 0 aromatic heterocycles. The van der Waals surface area contributed by atoms with Gasteiger partial charge in [-0.3, -0.25) is 4.29 Å². The van der Waals surface area contributed by atoms with Crippen molar-refractivity contribution in [2.24, 2.45) is 0 Å². The van der Waals surface area contributed by atoms with Gasteiger partial charge >= 0.3 is 0 Å². The van der Waals surface area contributed by atoms with Gasteiger partial charge in [0.15, 0.2) is 0 Å². The van der Waals surface area contributed by atoms with E-state index < -0.39 is 0 Å². The van der Waals surface area contributed by atoms with Gasteiger partial charge in [-0.15, -0.1) is 6.58 Å². The second-order valence-electron chi connectivity index (χ2n) is 0.564. The van der Waals surface area contributed by atoms with Gasteiger partial charge in [-0.05, 0) is 0 Å². The van der Waals surface area contributed by atoms with Crippen molar-refractivity contribution in [1.29, 1.82) is 0 Å². The van der Waals surface area contributed by atoms with Crippen LogP contribution in [-0.4, -0.2) is 6.61 Å². The molecule has 30 valence electrons. The smallest absolute Gasteiger partial charge is 0.0861 e. The fraction of sp³-hybridized carbons (Fsp3) is 0.333. The SMILES string of the molecule is C=CCOCl. The van der Waals surface area contributed by atoms with Crippen LogP contribution in [0.4, 0.5) is 0 Å². The van der Waals surface area contributed by atoms with Gasteiger partial charge in [0.25, 0.3) is 0 Å². The summed E-state index contributed by atoms with van der Waals surface area (Å²) in [5, 5.41) is 0. The Morgan fingerprint density at radius 2 is 2.60 bits per heavy atom. The van der Waals surface area contributed by atoms with Crippen LogP contribution in [0.2, 0.25) is 0 Å². The van der Waals surface area contributed by atoms with E-state index in [1.54, 1.807) is 6.08 Å². The Kier molecular flexibility index (Phi) is 3.98. The Morgan fingerprint density at radius 3 is 2.60 bits per heavy atom. The summed E-state index contributed by atoms with van der Waals surface area (Å²) in [4.78, 5) is 0. The van der Waals surface area contributed by atoms with E-state index in [1.165, 1.54) is 0 Å². The normalized spacial score (nSPS) is 7.40. The summed E-state index contributed by atoms with van der Waals surface area (Å²) in [6.07, 6.45) is 1.58. The average Bonchev–Trinajstić information content (AvgIpc) is 1.41. The first-order valence-corrected chi connectivity index (χ1v) is 1.57. The van der Waals surface area contributed by atoms with Crippen molar-refractivity contribution >= 4 is 11.9 Å². The van der Waals surface area contributed by atoms with Gasteiger partial charge in [-0.2, -0.15) is 0 Å². The molecule has 0 fully saturated rings. The van der Waals surface area contributed by atoms with E-state index in [0.29, 0.717) is 6.61 Å². The molecule has 0 radical (unpaired) electrons. The van der Waals surface area contributed by atoms with Crippen LogP contribution in [0, 0.1) is 0 Å². The molecule has 5 heavy (non-hydrogen) atoms. The molecule has 0 amide bonds. The molecule has 2 heteroatoms. The summed E-state index contributed by atoms with van der Waals surface area (Å²) in [6, 6.07) is 0. The van der Waals surface area contributed by atoms with Gasteiger partial charge in [0.1, 0.15) is 0 Å². The molecule has 0 heterocycles. The van der Waals surface area contributed by atoms with Gasteiger partial charge in [-0.25, -0.2) is 0 Å². The minimum absolute atomic E-state index is 0.418. The predicted octanol–water partition coefficient (Wildman–Crippen LogP) is 1.34. The van der Waals surface area contributed by atoms with Crippen LogP contribution in [-0.2, 0) is 4.29 Å². The Bertz CT molecular complexity index is 28.1. The van der Waals surface area contributed by atoms with Crippen LogP contribution < -0.4 is 0 Å². The lowest BCUT2D eigenvalue weighted by Crippen LogP contribution is -1.68. The second kappa shape index (κ2) is 3.99. The van der Waals surface area contributed by atoms with Gasteiger partial charge < -0.3 is 0 Å². The zero-order valence-corrected chi connectivity index (χ0v) is 3.53. The van der Waals surface area contributed by atoms with Crippen molar-refractivity contribution in [3.05, 3.63) is 12.7 Å². The van der Waals surface area contributed by atoms with Crippen LogP contribution >= 0.6 is 11.9 Å². The molecule has 0 unspecified atom stereocenters. The molecular weight excluding hydrogens is 87.5 g/mol. The molecule has 0 N–H and O–H groups in total. The summed E-state index contributed by atoms with van der Waals surface area (Å²) in [5.41, 5.74) is 0. The minimum Gasteiger partial charge on any atom is -0.275 e. The molecule has 0 saturated carbocycles. The van der Waals surface area contributed by atoms with Crippen LogP contribution in [0.15, 0.2) is 12.7 Å². The standard InChI is InChI=1S/C3H5ClO/c1-2-3-5-4/h2H,1,3H2. The minimum atomic E-state index is 0.418. The van der Waals surface area contributed by atoms with Gasteiger partial charge in [0, 0.05) is 0 Å². The van der Waals surface area contributed by atoms with Crippen molar-refractivity contribution < 1.29 is 4.29 Å². The molecule has 0 rings (SSSR count). The third-order valence-corrected chi connectivity index (χ3v) is 0.307. The molecule has 0 aliphatic carbocycles. The highest BCUT2D eigenvalue weighted by molar-refractivity contribution is 6.07. The molecular formula is C3H5ClO. The van der Waals surface area contributed by atoms with Crippen LogP contribution in [0.25, 0.3) is 0 Å². The zero-order chi connectivity index (χ0) is 4.12. The predicted molar refractivity (Wildman–Crippen MR) is 22.0 cm³/mol. The van der Waals surface area contributed by atoms with Crippen molar-refractivity contribution in [2.75, 3.05) is 6.61 Å². The number of hydrogen-bond acceptors (Lipinski definition) is 1. The Balaban J connectivity index is 2.40. The number of halogens is 1. The lowest BCUT2D eigenvalue weighted by atomic mass is 10.7. The third-order valence-electron chi connectivity index (χ3n) is 0.181. The number of hydrogen-bond donors (Lipinski definition) is 0. The molecule has 1 nitrogen and oxygen atoms in total. The molecule has 0 aromatic carbocycles. The van der Waals surface area contributed by atoms with E-state index in [9.17, 15) is 0 Å². The fourth-order valence-corrected chi connectivity index (χ4v) is 0.134. The van der Waals surface area contributed by atoms with Crippen LogP contribution in [0.1, 0.15) is 0 Å². The summed E-state index contributed by atoms with van der Waals surface area (Å²) < 4.78 is 4.05. The first-order chi connectivity index (χ1) is 2.41. The summed E-state index contributed by atoms with van der Waals surface area (Å²) >= 11 is 4.73. The van der Waals surface area contributed by atoms with Crippen molar-refractivity contribution in [3.8, 4) is 0 Å². The lowest BCUT2D eigenvalue weighted by molar-refractivity contribution is 0.404. The largest absolute Gasteiger partial charge is 0.275 e. The van der Waals surface area contributed by atoms with Gasteiger partial charge in [0.05, 0.1) is 18.5 Å². The lowest BCUT2D eigenvalue weighted by Gasteiger charge is -1.74. The highest BCUT2D eigenvalue weighted by Crippen LogP contribution is 1.74. The molecule has 0 atom stereocenters. The number of rotatable bonds is 2. The summed E-state index contributed by atoms with van der Waals surface area (Å²) in [6.45, 7) is 3.76. The van der Waals surface area contributed by atoms with Crippen LogP contribution in [0.3, 0.4) is 0 Å². The van der Waals surface area contributed by atoms with E-state index in [0.717, 1.165) is 0 Å². The zero-order valence-electron chi connectivity index (χ0n) is 2.78. The quantitative estimate of drug-likeness (QED) is 0.467. The third kappa shape index (κ3) is 3.99. The first kappa shape index (κ1) is 4.99. The van der Waals surface area contributed by atoms with Crippen molar-refractivity contribution in [1.82, 2.24) is 0 Å². The van der Waals surface area contributed by atoms with Crippen molar-refractivity contribution in [2.45, 2.75) is 0 Å². The highest BCUT2D eigenvalue weighted by atomic mass is 35.5. The molecule has 0 bridgehead atoms. The molecule has 0 aromatic rings. The Labute approximate surface area is 36.4 Å². The Morgan fingerprint density at radius 1 is 2.00 bits per heavy atom. The summed E-state index contributed by atoms with van der Waals surface area (Å²) in [7, 11) is 0. The van der Waals surface area contributed by atoms with E-state index in [2.05, 4.69) is 10.9 Å². The second-order valence-corrected chi connectivity index (χ2v) is 0.783. The molecule has 0 aliphatic rings. The van der Waals surface area contributed by atoms with E-state index >= 15 is 0 Å². The topological polar surface area (TPSA) is 9.23 Å². The van der Waals surface area contributed by atoms with E-state index in [4.69, 9.17) is 11.9 Å². The Hall–Kier alpha value is -0.0100. The van der Waals surface area contributed by atoms with Crippen LogP contribution in [0.5, 0.6) is 0 Å². The van der Waals surface area contributed by atoms with Gasteiger partial charge in [0.2, 0.25) is 0 Å². The highest BCUT2D eigenvalue weighted by Gasteiger charge is 1.61. The maximum Gasteiger partial charge on any atom is 0.0861 e. The molecule has 0 spiro atoms. The maximum atomic E-state index is 4.73. The monoisotopic (exact) mass is 92.0 g/mol. The summed E-state index contributed by atoms with van der Waals surface area (Å²) in [5.74, 6) is 0. The molecule has 0 saturated heterocycles. The fourth-order valence-electron chi connectivity index (χ4n) is 0.0445. The molecule has 0 aliphatic heterocycles. The van der Waals surface area contributed by atoms with Crippen molar-refractivity contribution in [3.63, 3.8) is 0 Å². The average molecular weight is 92.5 g/mol.